The molecule has 0 saturated heterocycles. The second-order valence-corrected chi connectivity index (χ2v) is 27.1. The van der Waals surface area contributed by atoms with Gasteiger partial charge in [-0.15, -0.1) is 0 Å². The molecule has 0 atom stereocenters. The molecule has 710 valence electrons. The Morgan fingerprint density at radius 1 is 0.244 bits per heavy atom. The van der Waals surface area contributed by atoms with Crippen molar-refractivity contribution in [1.29, 1.82) is 0 Å². The summed E-state index contributed by atoms with van der Waals surface area (Å²) < 4.78 is 730. The van der Waals surface area contributed by atoms with Gasteiger partial charge in [0.1, 0.15) is 12.2 Å². The number of amides is 1. The van der Waals surface area contributed by atoms with E-state index in [1.807, 2.05) is 0 Å². The summed E-state index contributed by atoms with van der Waals surface area (Å²) in [6.07, 6.45) is -71.2. The molecular formula is C60H66F52N2O5. The zero-order valence-electron chi connectivity index (χ0n) is 59.9. The first-order valence-electron chi connectivity index (χ1n) is 33.5. The van der Waals surface area contributed by atoms with Gasteiger partial charge in [-0.05, 0) is 84.8 Å². The number of nitrogens with zero attached hydrogens (tertiary/aromatic N) is 2. The van der Waals surface area contributed by atoms with E-state index in [-0.39, 0.29) is 32.4 Å². The molecule has 0 aromatic heterocycles. The van der Waals surface area contributed by atoms with Crippen LogP contribution in [0.15, 0.2) is 0 Å². The van der Waals surface area contributed by atoms with Crippen LogP contribution in [0.5, 0.6) is 0 Å². The molecule has 1 amide bonds. The largest absolute Gasteiger partial charge is 0.462 e. The summed E-state index contributed by atoms with van der Waals surface area (Å²) in [6.45, 7) is 1.54. The van der Waals surface area contributed by atoms with E-state index in [0.29, 0.717) is 25.7 Å². The number of ether oxygens (including phenoxy) is 2. The van der Waals surface area contributed by atoms with Gasteiger partial charge in [-0.25, -0.2) is 0 Å². The number of halogens is 52. The lowest BCUT2D eigenvalue weighted by molar-refractivity contribution is -0.440. The van der Waals surface area contributed by atoms with Crippen molar-refractivity contribution in [2.75, 3.05) is 27.2 Å². The maximum absolute atomic E-state index is 14.9. The fraction of sp³-hybridized carbons (Fsp3) is 0.950. The Labute approximate surface area is 635 Å². The standard InChI is InChI=1S/C60H66F52N2O5/c1-4-5-6-7-12-18-34(115)114(30-15-29-113(2)3)31(16-10-8-13-19-35(116)118-32(21-25-37(61,62)41(69,70)45(77,78)49(85,86)53(93,94)57(101,102)103)22-26-38(63,64)42(71,72)46(79,80)50(87,88)54(95,96)58(104,105)106)17-11-9-14-20-36(117)119-33(23-27-39(65,66)43(73,74)47(81,82)51(89,90)55(97,98)59(107,108)109)24-28-40(67,68)44(75,76)48(83,84)52(91,92)56(99,100)60(110,111)112/h31-33H,4-30H2,1-3H3. The highest BCUT2D eigenvalue weighted by Crippen LogP contribution is 2.66. The Hall–Kier alpha value is -5.27. The third-order valence-corrected chi connectivity index (χ3v) is 17.8. The van der Waals surface area contributed by atoms with Crippen molar-refractivity contribution in [3.63, 3.8) is 0 Å². The smallest absolute Gasteiger partial charge is 0.460 e. The van der Waals surface area contributed by atoms with Crippen LogP contribution in [0, 0.1) is 0 Å². The molecule has 0 heterocycles. The second-order valence-electron chi connectivity index (χ2n) is 27.1. The topological polar surface area (TPSA) is 76.2 Å². The number of carbonyl (C=O) groups excluding carboxylic acids is 3. The van der Waals surface area contributed by atoms with E-state index in [2.05, 4.69) is 9.47 Å². The molecule has 7 nitrogen and oxygen atoms in total. The summed E-state index contributed by atoms with van der Waals surface area (Å²) in [5.41, 5.74) is 0. The van der Waals surface area contributed by atoms with Gasteiger partial charge in [-0.2, -0.15) is 228 Å². The van der Waals surface area contributed by atoms with Gasteiger partial charge >= 0.3 is 155 Å². The lowest BCUT2D eigenvalue weighted by atomic mass is 9.89. The maximum Gasteiger partial charge on any atom is 0.460 e. The van der Waals surface area contributed by atoms with Crippen LogP contribution >= 0.6 is 0 Å². The zero-order valence-corrected chi connectivity index (χ0v) is 59.9. The molecule has 0 aromatic carbocycles. The molecule has 119 heavy (non-hydrogen) atoms. The van der Waals surface area contributed by atoms with E-state index in [0.717, 1.165) is 4.90 Å². The quantitative estimate of drug-likeness (QED) is 0.0343. The average Bonchev–Trinajstić information content (AvgIpc) is 0.728. The van der Waals surface area contributed by atoms with E-state index >= 15 is 0 Å². The Balaban J connectivity index is 7.65. The number of hydrogen-bond acceptors (Lipinski definition) is 6. The number of unbranched alkanes of at least 4 members (excludes halogenated alkanes) is 8. The predicted octanol–water partition coefficient (Wildman–Crippen LogP) is 25.3. The van der Waals surface area contributed by atoms with Crippen molar-refractivity contribution < 1.29 is 252 Å². The van der Waals surface area contributed by atoms with E-state index in [4.69, 9.17) is 0 Å². The van der Waals surface area contributed by atoms with Gasteiger partial charge in [0.2, 0.25) is 5.91 Å². The summed E-state index contributed by atoms with van der Waals surface area (Å²) in [7, 11) is 2.91. The molecule has 0 radical (unpaired) electrons. The van der Waals surface area contributed by atoms with Gasteiger partial charge in [0.25, 0.3) is 0 Å². The minimum atomic E-state index is -8.66. The molecule has 0 aliphatic rings. The predicted molar refractivity (Wildman–Crippen MR) is 298 cm³/mol. The number of alkyl halides is 52. The first-order valence-corrected chi connectivity index (χ1v) is 33.5. The summed E-state index contributed by atoms with van der Waals surface area (Å²) in [5, 5.41) is 0. The lowest BCUT2D eigenvalue weighted by Crippen LogP contribution is -2.70. The Morgan fingerprint density at radius 3 is 0.672 bits per heavy atom. The van der Waals surface area contributed by atoms with Gasteiger partial charge in [0, 0.05) is 57.5 Å². The van der Waals surface area contributed by atoms with Gasteiger partial charge in [-0.3, -0.25) is 14.4 Å². The van der Waals surface area contributed by atoms with Crippen LogP contribution in [-0.4, -0.2) is 216 Å². The Bertz CT molecular complexity index is 2850. The highest BCUT2D eigenvalue weighted by Gasteiger charge is 2.95. The molecule has 0 aromatic rings. The second kappa shape index (κ2) is 38.3. The van der Waals surface area contributed by atoms with Crippen LogP contribution in [0.1, 0.15) is 167 Å². The van der Waals surface area contributed by atoms with E-state index in [1.165, 1.54) is 19.0 Å². The molecule has 59 heteroatoms. The third kappa shape index (κ3) is 23.3. The maximum atomic E-state index is 14.9. The molecule has 0 fully saturated rings. The van der Waals surface area contributed by atoms with Crippen molar-refractivity contribution in [2.45, 2.75) is 329 Å². The zero-order chi connectivity index (χ0) is 95.1. The Kier molecular flexibility index (Phi) is 36.6. The average molecular weight is 1880 g/mol. The monoisotopic (exact) mass is 1880 g/mol. The summed E-state index contributed by atoms with van der Waals surface area (Å²) in [4.78, 5) is 42.4. The van der Waals surface area contributed by atoms with Crippen molar-refractivity contribution in [2.24, 2.45) is 0 Å². The van der Waals surface area contributed by atoms with Gasteiger partial charge in [0.05, 0.1) is 0 Å². The lowest BCUT2D eigenvalue weighted by Gasteiger charge is -2.40. The highest BCUT2D eigenvalue weighted by atomic mass is 19.5. The molecule has 0 aliphatic carbocycles. The van der Waals surface area contributed by atoms with Crippen LogP contribution in [0.2, 0.25) is 0 Å². The highest BCUT2D eigenvalue weighted by molar-refractivity contribution is 5.76. The van der Waals surface area contributed by atoms with Crippen LogP contribution in [0.3, 0.4) is 0 Å². The normalized spacial score (nSPS) is 15.5. The van der Waals surface area contributed by atoms with Gasteiger partial charge in [-0.1, -0.05) is 58.3 Å². The summed E-state index contributed by atoms with van der Waals surface area (Å²) in [5.74, 6) is -171. The fourth-order valence-corrected chi connectivity index (χ4v) is 10.4. The number of hydrogen-bond donors (Lipinski definition) is 0. The summed E-state index contributed by atoms with van der Waals surface area (Å²) in [6, 6.07) is -1.23. The number of esters is 2. The molecule has 0 unspecified atom stereocenters. The molecule has 0 bridgehead atoms. The first-order chi connectivity index (χ1) is 52.3. The van der Waals surface area contributed by atoms with Crippen LogP contribution < -0.4 is 0 Å². The van der Waals surface area contributed by atoms with Gasteiger partial charge in [0.15, 0.2) is 0 Å². The molecule has 0 aliphatic heterocycles. The minimum Gasteiger partial charge on any atom is -0.462 e. The van der Waals surface area contributed by atoms with E-state index < -0.39 is 295 Å². The first kappa shape index (κ1) is 114. The molecule has 0 rings (SSSR count). The molecule has 0 saturated carbocycles. The van der Waals surface area contributed by atoms with Crippen LogP contribution in [0.25, 0.3) is 0 Å². The third-order valence-electron chi connectivity index (χ3n) is 17.8. The SMILES string of the molecule is CCCCCCCC(=O)N(CCCN(C)C)C(CCCCCC(=O)OC(CCC(F)(F)C(F)(F)C(F)(F)C(F)(F)C(F)(F)C(F)(F)F)CCC(F)(F)C(F)(F)C(F)(F)C(F)(F)C(F)(F)C(F)(F)F)CCCCCC(=O)OC(CCC(F)(F)C(F)(F)C(F)(F)C(F)(F)C(F)(F)C(F)(F)F)CCC(F)(F)C(F)(F)C(F)(F)C(F)(F)C(F)(F)C(F)(F)F. The van der Waals surface area contributed by atoms with Crippen molar-refractivity contribution >= 4 is 17.8 Å². The molecular weight excluding hydrogens is 1820 g/mol. The summed E-state index contributed by atoms with van der Waals surface area (Å²) >= 11 is 0. The van der Waals surface area contributed by atoms with Gasteiger partial charge < -0.3 is 19.3 Å². The number of rotatable bonds is 53. The van der Waals surface area contributed by atoms with E-state index in [1.54, 1.807) is 6.92 Å². The number of carbonyl (C=O) groups is 3. The molecule has 0 spiro atoms. The van der Waals surface area contributed by atoms with Crippen molar-refractivity contribution in [1.82, 2.24) is 9.80 Å². The van der Waals surface area contributed by atoms with Crippen LogP contribution in [-0.2, 0) is 23.9 Å². The van der Waals surface area contributed by atoms with Crippen LogP contribution in [0.4, 0.5) is 228 Å². The Morgan fingerprint density at radius 2 is 0.454 bits per heavy atom. The van der Waals surface area contributed by atoms with Crippen molar-refractivity contribution in [3.05, 3.63) is 0 Å². The fourth-order valence-electron chi connectivity index (χ4n) is 10.4. The van der Waals surface area contributed by atoms with E-state index in [9.17, 15) is 243 Å². The van der Waals surface area contributed by atoms with Crippen molar-refractivity contribution in [3.8, 4) is 0 Å². The minimum absolute atomic E-state index is 0.00297. The molecule has 0 N–H and O–H groups in total.